The Morgan fingerprint density at radius 1 is 1.13 bits per heavy atom. The molecule has 23 heavy (non-hydrogen) atoms. The highest BCUT2D eigenvalue weighted by Crippen LogP contribution is 2.16. The number of nitrogens with one attached hydrogen (secondary N) is 1. The maximum atomic E-state index is 12.9. The molecule has 4 heteroatoms. The van der Waals surface area contributed by atoms with Gasteiger partial charge in [0.1, 0.15) is 18.2 Å². The second kappa shape index (κ2) is 8.09. The van der Waals surface area contributed by atoms with Gasteiger partial charge in [0, 0.05) is 19.7 Å². The molecule has 1 fully saturated rings. The van der Waals surface area contributed by atoms with Gasteiger partial charge in [-0.1, -0.05) is 24.3 Å². The first-order valence-corrected chi connectivity index (χ1v) is 8.08. The molecule has 122 valence electrons. The zero-order chi connectivity index (χ0) is 15.9. The van der Waals surface area contributed by atoms with E-state index in [1.807, 2.05) is 18.2 Å². The van der Waals surface area contributed by atoms with Crippen molar-refractivity contribution in [3.63, 3.8) is 0 Å². The maximum absolute atomic E-state index is 12.9. The van der Waals surface area contributed by atoms with Crippen LogP contribution in [-0.2, 0) is 17.9 Å². The molecule has 0 unspecified atom stereocenters. The van der Waals surface area contributed by atoms with E-state index >= 15 is 0 Å². The first-order chi connectivity index (χ1) is 11.3. The average Bonchev–Trinajstić information content (AvgIpc) is 3.08. The Balaban J connectivity index is 1.47. The predicted molar refractivity (Wildman–Crippen MR) is 87.9 cm³/mol. The third kappa shape index (κ3) is 5.05. The van der Waals surface area contributed by atoms with E-state index < -0.39 is 0 Å². The summed E-state index contributed by atoms with van der Waals surface area (Å²) >= 11 is 0. The lowest BCUT2D eigenvalue weighted by atomic mass is 10.2. The number of benzene rings is 2. The molecule has 0 aromatic heterocycles. The minimum Gasteiger partial charge on any atom is -0.489 e. The Morgan fingerprint density at radius 3 is 2.78 bits per heavy atom. The summed E-state index contributed by atoms with van der Waals surface area (Å²) in [4.78, 5) is 0. The molecule has 1 N–H and O–H groups in total. The monoisotopic (exact) mass is 315 g/mol. The van der Waals surface area contributed by atoms with Crippen molar-refractivity contribution in [1.82, 2.24) is 5.32 Å². The molecule has 1 aliphatic rings. The molecule has 2 aromatic rings. The molecule has 0 spiro atoms. The smallest absolute Gasteiger partial charge is 0.123 e. The second-order valence-corrected chi connectivity index (χ2v) is 5.83. The molecule has 0 aliphatic carbocycles. The lowest BCUT2D eigenvalue weighted by molar-refractivity contribution is 0.110. The van der Waals surface area contributed by atoms with Crippen molar-refractivity contribution < 1.29 is 13.9 Å². The van der Waals surface area contributed by atoms with Gasteiger partial charge in [0.25, 0.3) is 0 Å². The van der Waals surface area contributed by atoms with Crippen LogP contribution in [0.2, 0.25) is 0 Å². The summed E-state index contributed by atoms with van der Waals surface area (Å²) in [7, 11) is 0. The lowest BCUT2D eigenvalue weighted by Gasteiger charge is -2.12. The minimum atomic E-state index is -0.229. The average molecular weight is 315 g/mol. The Morgan fingerprint density at radius 2 is 2.00 bits per heavy atom. The number of hydrogen-bond donors (Lipinski definition) is 1. The van der Waals surface area contributed by atoms with Crippen molar-refractivity contribution in [1.29, 1.82) is 0 Å². The highest BCUT2D eigenvalue weighted by molar-refractivity contribution is 5.29. The molecule has 1 atom stereocenters. The number of ether oxygens (including phenoxy) is 2. The molecule has 0 saturated carbocycles. The highest BCUT2D eigenvalue weighted by atomic mass is 19.1. The maximum Gasteiger partial charge on any atom is 0.123 e. The predicted octanol–water partition coefficient (Wildman–Crippen LogP) is 3.67. The van der Waals surface area contributed by atoms with Crippen LogP contribution < -0.4 is 10.1 Å². The Kier molecular flexibility index (Phi) is 5.61. The van der Waals surface area contributed by atoms with Crippen molar-refractivity contribution in [2.75, 3.05) is 13.2 Å². The Labute approximate surface area is 136 Å². The van der Waals surface area contributed by atoms with Gasteiger partial charge in [-0.3, -0.25) is 0 Å². The van der Waals surface area contributed by atoms with Crippen molar-refractivity contribution in [3.05, 3.63) is 65.5 Å². The summed E-state index contributed by atoms with van der Waals surface area (Å²) in [5.41, 5.74) is 2.13. The molecular weight excluding hydrogens is 293 g/mol. The molecule has 1 saturated heterocycles. The zero-order valence-corrected chi connectivity index (χ0v) is 13.1. The van der Waals surface area contributed by atoms with Crippen LogP contribution in [0.3, 0.4) is 0 Å². The van der Waals surface area contributed by atoms with E-state index in [1.54, 1.807) is 12.1 Å². The van der Waals surface area contributed by atoms with Gasteiger partial charge in [0.2, 0.25) is 0 Å². The lowest BCUT2D eigenvalue weighted by Crippen LogP contribution is -2.25. The molecule has 0 radical (unpaired) electrons. The van der Waals surface area contributed by atoms with Crippen LogP contribution in [0.4, 0.5) is 4.39 Å². The summed E-state index contributed by atoms with van der Waals surface area (Å²) in [6.07, 6.45) is 2.67. The largest absolute Gasteiger partial charge is 0.489 e. The van der Waals surface area contributed by atoms with E-state index in [9.17, 15) is 4.39 Å². The zero-order valence-electron chi connectivity index (χ0n) is 13.1. The number of halogens is 1. The van der Waals surface area contributed by atoms with Crippen molar-refractivity contribution in [3.8, 4) is 5.75 Å². The second-order valence-electron chi connectivity index (χ2n) is 5.83. The van der Waals surface area contributed by atoms with Gasteiger partial charge < -0.3 is 14.8 Å². The van der Waals surface area contributed by atoms with Gasteiger partial charge in [0.15, 0.2) is 0 Å². The first-order valence-electron chi connectivity index (χ1n) is 8.08. The number of hydrogen-bond acceptors (Lipinski definition) is 3. The number of rotatable bonds is 7. The van der Waals surface area contributed by atoms with E-state index in [2.05, 4.69) is 11.4 Å². The van der Waals surface area contributed by atoms with Gasteiger partial charge in [-0.25, -0.2) is 4.39 Å². The Hall–Kier alpha value is -1.91. The van der Waals surface area contributed by atoms with E-state index in [0.29, 0.717) is 12.7 Å². The van der Waals surface area contributed by atoms with Gasteiger partial charge in [-0.05, 0) is 48.2 Å². The van der Waals surface area contributed by atoms with Crippen LogP contribution in [-0.4, -0.2) is 19.3 Å². The summed E-state index contributed by atoms with van der Waals surface area (Å²) in [6, 6.07) is 14.4. The molecule has 1 aliphatic heterocycles. The standard InChI is InChI=1S/C19H22FNO2/c20-17-8-6-15(7-9-17)14-23-18-4-1-3-16(11-18)12-21-13-19-5-2-10-22-19/h1,3-4,6-9,11,19,21H,2,5,10,12-14H2/t19-/m0/s1. The minimum absolute atomic E-state index is 0.229. The van der Waals surface area contributed by atoms with Crippen LogP contribution in [0.15, 0.2) is 48.5 Å². The van der Waals surface area contributed by atoms with E-state index in [4.69, 9.17) is 9.47 Å². The fraction of sp³-hybridized carbons (Fsp3) is 0.368. The van der Waals surface area contributed by atoms with Crippen molar-refractivity contribution in [2.24, 2.45) is 0 Å². The van der Waals surface area contributed by atoms with E-state index in [-0.39, 0.29) is 5.82 Å². The van der Waals surface area contributed by atoms with Gasteiger partial charge in [0.05, 0.1) is 6.10 Å². The van der Waals surface area contributed by atoms with Crippen LogP contribution in [0.1, 0.15) is 24.0 Å². The summed E-state index contributed by atoms with van der Waals surface area (Å²) in [5, 5.41) is 3.43. The quantitative estimate of drug-likeness (QED) is 0.845. The summed E-state index contributed by atoms with van der Waals surface area (Å²) < 4.78 is 24.3. The summed E-state index contributed by atoms with van der Waals surface area (Å²) in [6.45, 7) is 3.01. The molecule has 3 nitrogen and oxygen atoms in total. The van der Waals surface area contributed by atoms with E-state index in [1.165, 1.54) is 24.1 Å². The summed E-state index contributed by atoms with van der Waals surface area (Å²) in [5.74, 6) is 0.596. The Bertz CT molecular complexity index is 609. The molecular formula is C19H22FNO2. The van der Waals surface area contributed by atoms with Crippen LogP contribution in [0.25, 0.3) is 0 Å². The van der Waals surface area contributed by atoms with Crippen LogP contribution >= 0.6 is 0 Å². The topological polar surface area (TPSA) is 30.5 Å². The molecule has 1 heterocycles. The SMILES string of the molecule is Fc1ccc(COc2cccc(CNC[C@@H]3CCCO3)c2)cc1. The third-order valence-corrected chi connectivity index (χ3v) is 3.94. The van der Waals surface area contributed by atoms with E-state index in [0.717, 1.165) is 37.4 Å². The van der Waals surface area contributed by atoms with Crippen molar-refractivity contribution >= 4 is 0 Å². The molecule has 0 bridgehead atoms. The molecule has 3 rings (SSSR count). The van der Waals surface area contributed by atoms with Gasteiger partial charge >= 0.3 is 0 Å². The third-order valence-electron chi connectivity index (χ3n) is 3.94. The molecule has 2 aromatic carbocycles. The van der Waals surface area contributed by atoms with Crippen LogP contribution in [0.5, 0.6) is 5.75 Å². The van der Waals surface area contributed by atoms with Crippen LogP contribution in [0, 0.1) is 5.82 Å². The van der Waals surface area contributed by atoms with Gasteiger partial charge in [-0.15, -0.1) is 0 Å². The van der Waals surface area contributed by atoms with Crippen molar-refractivity contribution in [2.45, 2.75) is 32.1 Å². The molecule has 0 amide bonds. The first kappa shape index (κ1) is 16.0. The fourth-order valence-electron chi connectivity index (χ4n) is 2.68. The van der Waals surface area contributed by atoms with Gasteiger partial charge in [-0.2, -0.15) is 0 Å². The normalized spacial score (nSPS) is 17.3. The fourth-order valence-corrected chi connectivity index (χ4v) is 2.68. The highest BCUT2D eigenvalue weighted by Gasteiger charge is 2.14.